The van der Waals surface area contributed by atoms with Crippen LogP contribution in [0.1, 0.15) is 103 Å². The summed E-state index contributed by atoms with van der Waals surface area (Å²) in [6, 6.07) is 67.6. The van der Waals surface area contributed by atoms with E-state index in [0.29, 0.717) is 11.5 Å². The fourth-order valence-corrected chi connectivity index (χ4v) is 9.45. The Morgan fingerprint density at radius 1 is 0.500 bits per heavy atom. The monoisotopic (exact) mass is 1100 g/mol. The maximum absolute atomic E-state index is 6.76. The van der Waals surface area contributed by atoms with Crippen molar-refractivity contribution in [3.63, 3.8) is 0 Å². The van der Waals surface area contributed by atoms with Crippen molar-refractivity contribution in [3.05, 3.63) is 234 Å². The van der Waals surface area contributed by atoms with Crippen LogP contribution in [0.5, 0.6) is 11.5 Å². The molecule has 70 heavy (non-hydrogen) atoms. The fraction of sp³-hybridized carbons (Fsp3) is 0.219. The second-order valence-corrected chi connectivity index (χ2v) is 21.5. The van der Waals surface area contributed by atoms with Gasteiger partial charge >= 0.3 is 0 Å². The van der Waals surface area contributed by atoms with Crippen LogP contribution < -0.4 is 9.30 Å². The molecule has 0 bridgehead atoms. The van der Waals surface area contributed by atoms with Gasteiger partial charge in [-0.2, -0.15) is 18.2 Å². The minimum Gasteiger partial charge on any atom is -0.510 e. The van der Waals surface area contributed by atoms with Gasteiger partial charge in [-0.15, -0.1) is 29.7 Å². The number of fused-ring (bicyclic) bond motifs is 3. The van der Waals surface area contributed by atoms with Gasteiger partial charge in [0.15, 0.2) is 0 Å². The molecule has 0 fully saturated rings. The molecule has 5 nitrogen and oxygen atoms in total. The smallest absolute Gasteiger partial charge is 0.267 e. The first-order chi connectivity index (χ1) is 32.9. The molecule has 0 atom stereocenters. The topological polar surface area (TPSA) is 35.9 Å². The summed E-state index contributed by atoms with van der Waals surface area (Å²) in [5.74, 6) is 1.99. The van der Waals surface area contributed by atoms with E-state index in [1.165, 1.54) is 33.4 Å². The van der Waals surface area contributed by atoms with Crippen LogP contribution in [0, 0.1) is 18.5 Å². The molecule has 0 aliphatic heterocycles. The maximum Gasteiger partial charge on any atom is 0.267 e. The molecule has 10 rings (SSSR count). The van der Waals surface area contributed by atoms with Crippen LogP contribution in [0.2, 0.25) is 0 Å². The summed E-state index contributed by atoms with van der Waals surface area (Å²) >= 11 is 0. The summed E-state index contributed by atoms with van der Waals surface area (Å²) < 4.78 is 13.2. The third kappa shape index (κ3) is 9.20. The minimum absolute atomic E-state index is 0. The molecule has 0 aliphatic carbocycles. The molecule has 7 aromatic carbocycles. The first-order valence-electron chi connectivity index (χ1n) is 24.0. The minimum atomic E-state index is -0.230. The molecule has 10 aromatic rings. The summed E-state index contributed by atoms with van der Waals surface area (Å²) in [7, 11) is 0. The molecule has 354 valence electrons. The summed E-state index contributed by atoms with van der Waals surface area (Å²) in [6.07, 6.45) is 7.82. The van der Waals surface area contributed by atoms with Crippen LogP contribution in [0.15, 0.2) is 182 Å². The van der Waals surface area contributed by atoms with Crippen LogP contribution >= 0.6 is 0 Å². The predicted octanol–water partition coefficient (Wildman–Crippen LogP) is 15.4. The van der Waals surface area contributed by atoms with Crippen LogP contribution in [0.3, 0.4) is 0 Å². The molecule has 0 unspecified atom stereocenters. The SMILES string of the molecule is CC(C)(C)c1cc(-[n+]2[c-]n(-c3[c-]c(Oc4[c-]c5c(cc4)c4cc(C(C)(C)c6ccccc6)ccc4n5-c4cc(C(C)(C)C)ccn4)ccc3)c(-c3ccccc3)c2)cc(C(C)(C)c2ccccc2)c1.[Pt]. The molecule has 6 heteroatoms. The zero-order valence-electron chi connectivity index (χ0n) is 41.8. The van der Waals surface area contributed by atoms with E-state index in [0.717, 1.165) is 50.3 Å². The largest absolute Gasteiger partial charge is 0.510 e. The molecule has 0 saturated heterocycles. The Kier molecular flexibility index (Phi) is 12.7. The average molecular weight is 1100 g/mol. The van der Waals surface area contributed by atoms with E-state index in [1.54, 1.807) is 0 Å². The zero-order chi connectivity index (χ0) is 48.3. The number of imidazole rings is 1. The number of benzene rings is 7. The van der Waals surface area contributed by atoms with Crippen molar-refractivity contribution in [1.29, 1.82) is 0 Å². The molecule has 0 spiro atoms. The van der Waals surface area contributed by atoms with Crippen molar-refractivity contribution in [2.24, 2.45) is 0 Å². The first kappa shape index (κ1) is 48.2. The summed E-state index contributed by atoms with van der Waals surface area (Å²) in [4.78, 5) is 4.97. The Hall–Kier alpha value is -6.81. The Labute approximate surface area is 428 Å². The fourth-order valence-electron chi connectivity index (χ4n) is 9.45. The molecule has 0 amide bonds. The van der Waals surface area contributed by atoms with Gasteiger partial charge in [-0.05, 0) is 91.2 Å². The number of ether oxygens (including phenoxy) is 1. The number of nitrogens with zero attached hydrogens (tertiary/aromatic N) is 4. The van der Waals surface area contributed by atoms with Crippen molar-refractivity contribution in [1.82, 2.24) is 14.1 Å². The van der Waals surface area contributed by atoms with E-state index in [4.69, 9.17) is 9.72 Å². The Balaban J connectivity index is 0.00000608. The molecule has 0 saturated carbocycles. The number of hydrogen-bond donors (Lipinski definition) is 0. The van der Waals surface area contributed by atoms with Crippen LogP contribution in [0.25, 0.3) is 50.3 Å². The number of pyridine rings is 1. The van der Waals surface area contributed by atoms with Crippen molar-refractivity contribution in [3.8, 4) is 39.9 Å². The predicted molar refractivity (Wildman–Crippen MR) is 282 cm³/mol. The van der Waals surface area contributed by atoms with Crippen molar-refractivity contribution < 1.29 is 30.4 Å². The third-order valence-electron chi connectivity index (χ3n) is 14.0. The van der Waals surface area contributed by atoms with Crippen LogP contribution in [-0.4, -0.2) is 14.1 Å². The van der Waals surface area contributed by atoms with Gasteiger partial charge < -0.3 is 13.9 Å². The van der Waals surface area contributed by atoms with E-state index in [-0.39, 0.29) is 42.7 Å². The zero-order valence-corrected chi connectivity index (χ0v) is 44.1. The molecular weight excluding hydrogens is 1040 g/mol. The molecule has 3 aromatic heterocycles. The quantitative estimate of drug-likeness (QED) is 0.101. The summed E-state index contributed by atoms with van der Waals surface area (Å²) in [5.41, 5.74) is 12.8. The number of aromatic nitrogens is 4. The Morgan fingerprint density at radius 2 is 1.11 bits per heavy atom. The molecule has 0 N–H and O–H groups in total. The van der Waals surface area contributed by atoms with Gasteiger partial charge in [0.2, 0.25) is 0 Å². The van der Waals surface area contributed by atoms with E-state index in [2.05, 4.69) is 259 Å². The van der Waals surface area contributed by atoms with Gasteiger partial charge in [-0.1, -0.05) is 184 Å². The number of hydrogen-bond acceptors (Lipinski definition) is 2. The molecule has 0 radical (unpaired) electrons. The average Bonchev–Trinajstić information content (AvgIpc) is 3.94. The summed E-state index contributed by atoms with van der Waals surface area (Å²) in [5, 5.41) is 2.22. The van der Waals surface area contributed by atoms with Crippen LogP contribution in [-0.2, 0) is 42.7 Å². The summed E-state index contributed by atoms with van der Waals surface area (Å²) in [6.45, 7) is 22.7. The molecule has 3 heterocycles. The van der Waals surface area contributed by atoms with Crippen molar-refractivity contribution in [2.75, 3.05) is 0 Å². The second-order valence-electron chi connectivity index (χ2n) is 21.5. The third-order valence-corrected chi connectivity index (χ3v) is 14.0. The van der Waals surface area contributed by atoms with Gasteiger partial charge in [-0.3, -0.25) is 4.57 Å². The first-order valence-corrected chi connectivity index (χ1v) is 24.0. The standard InChI is InChI=1S/C64H60N4O.Pt/c1-61(2,3)47-33-34-65-60(39-47)68-57-32-29-48(63(7,8)45-23-16-12-17-24-45)38-56(57)55-31-30-54(41-58(55)68)69-53-28-20-27-51(40-53)67-43-66(42-59(67)44-21-14-11-15-22-44)52-36-49(62(4,5)6)35-50(37-52)64(9,10)46-25-18-13-19-26-46;/h11-39,42H,1-10H3;/q-2;. The molecular formula is C64H60N4OPt-2. The Bertz CT molecular complexity index is 3480. The van der Waals surface area contributed by atoms with Gasteiger partial charge in [-0.25, -0.2) is 4.98 Å². The normalized spacial score (nSPS) is 12.3. The van der Waals surface area contributed by atoms with Gasteiger partial charge in [0.1, 0.15) is 5.82 Å². The Morgan fingerprint density at radius 3 is 1.77 bits per heavy atom. The van der Waals surface area contributed by atoms with Crippen LogP contribution in [0.4, 0.5) is 0 Å². The van der Waals surface area contributed by atoms with E-state index in [1.807, 2.05) is 24.4 Å². The molecule has 0 aliphatic rings. The van der Waals surface area contributed by atoms with Gasteiger partial charge in [0, 0.05) is 61.3 Å². The van der Waals surface area contributed by atoms with Crippen molar-refractivity contribution in [2.45, 2.75) is 90.9 Å². The van der Waals surface area contributed by atoms with E-state index >= 15 is 0 Å². The van der Waals surface area contributed by atoms with Gasteiger partial charge in [0.25, 0.3) is 6.33 Å². The van der Waals surface area contributed by atoms with E-state index in [9.17, 15) is 0 Å². The van der Waals surface area contributed by atoms with E-state index < -0.39 is 0 Å². The number of rotatable bonds is 10. The maximum atomic E-state index is 6.76. The van der Waals surface area contributed by atoms with Gasteiger partial charge in [0.05, 0.1) is 11.4 Å². The second kappa shape index (κ2) is 18.5. The van der Waals surface area contributed by atoms with Crippen molar-refractivity contribution >= 4 is 21.8 Å².